The van der Waals surface area contributed by atoms with Crippen molar-refractivity contribution in [2.75, 3.05) is 7.11 Å². The molecule has 2 aromatic heterocycles. The normalized spacial score (nSPS) is 11.1. The van der Waals surface area contributed by atoms with Crippen LogP contribution in [0, 0.1) is 0 Å². The van der Waals surface area contributed by atoms with Crippen molar-refractivity contribution in [1.29, 1.82) is 0 Å². The zero-order valence-electron chi connectivity index (χ0n) is 8.70. The predicted molar refractivity (Wildman–Crippen MR) is 63.0 cm³/mol. The van der Waals surface area contributed by atoms with Crippen LogP contribution in [-0.2, 0) is 0 Å². The number of methoxy groups -OCH3 is 1. The zero-order chi connectivity index (χ0) is 11.1. The summed E-state index contributed by atoms with van der Waals surface area (Å²) in [4.78, 5) is 17.2. The van der Waals surface area contributed by atoms with Crippen LogP contribution < -0.4 is 10.3 Å². The Morgan fingerprint density at radius 3 is 2.94 bits per heavy atom. The Morgan fingerprint density at radius 2 is 2.12 bits per heavy atom. The average Bonchev–Trinajstić information content (AvgIpc) is 2.66. The van der Waals surface area contributed by atoms with Crippen molar-refractivity contribution in [1.82, 2.24) is 9.97 Å². The van der Waals surface area contributed by atoms with Gasteiger partial charge >= 0.3 is 0 Å². The number of aromatic amines is 2. The van der Waals surface area contributed by atoms with Gasteiger partial charge in [0.05, 0.1) is 18.1 Å². The standard InChI is InChI=1S/C12H10N2O2/c1-16-10-4-2-3-8-12(10)7-5-11(15)13-6-9(7)14-8/h2-6,14H,1H3,(H,13,15). The molecule has 0 bridgehead atoms. The highest BCUT2D eigenvalue weighted by molar-refractivity contribution is 6.10. The minimum absolute atomic E-state index is 0.112. The van der Waals surface area contributed by atoms with Crippen LogP contribution in [0.3, 0.4) is 0 Å². The van der Waals surface area contributed by atoms with Gasteiger partial charge in [0.2, 0.25) is 5.56 Å². The molecule has 0 unspecified atom stereocenters. The van der Waals surface area contributed by atoms with E-state index in [4.69, 9.17) is 4.74 Å². The first kappa shape index (κ1) is 9.03. The Kier molecular flexibility index (Phi) is 1.77. The molecule has 4 heteroatoms. The molecule has 2 N–H and O–H groups in total. The zero-order valence-corrected chi connectivity index (χ0v) is 8.70. The fourth-order valence-electron chi connectivity index (χ4n) is 2.01. The van der Waals surface area contributed by atoms with E-state index in [9.17, 15) is 4.79 Å². The van der Waals surface area contributed by atoms with Crippen LogP contribution in [0.4, 0.5) is 0 Å². The molecule has 2 heterocycles. The van der Waals surface area contributed by atoms with Gasteiger partial charge in [-0.3, -0.25) is 4.79 Å². The lowest BCUT2D eigenvalue weighted by molar-refractivity contribution is 0.420. The third-order valence-electron chi connectivity index (χ3n) is 2.71. The van der Waals surface area contributed by atoms with Gasteiger partial charge in [0.1, 0.15) is 5.75 Å². The second kappa shape index (κ2) is 3.13. The number of fused-ring (bicyclic) bond motifs is 3. The van der Waals surface area contributed by atoms with Gasteiger partial charge in [-0.25, -0.2) is 0 Å². The maximum atomic E-state index is 11.3. The van der Waals surface area contributed by atoms with Crippen molar-refractivity contribution in [3.63, 3.8) is 0 Å². The van der Waals surface area contributed by atoms with Gasteiger partial charge in [-0.15, -0.1) is 0 Å². The van der Waals surface area contributed by atoms with Gasteiger partial charge in [0.25, 0.3) is 0 Å². The first-order chi connectivity index (χ1) is 7.79. The molecule has 3 rings (SSSR count). The van der Waals surface area contributed by atoms with E-state index in [-0.39, 0.29) is 5.56 Å². The summed E-state index contributed by atoms with van der Waals surface area (Å²) in [6.45, 7) is 0. The number of rotatable bonds is 1. The molecule has 0 radical (unpaired) electrons. The number of benzene rings is 1. The molecule has 1 aromatic carbocycles. The third kappa shape index (κ3) is 1.13. The van der Waals surface area contributed by atoms with Crippen LogP contribution in [0.1, 0.15) is 0 Å². The molecule has 3 aromatic rings. The molecule has 0 aliphatic heterocycles. The molecule has 0 saturated heterocycles. The molecule has 0 saturated carbocycles. The van der Waals surface area contributed by atoms with Crippen molar-refractivity contribution in [2.45, 2.75) is 0 Å². The first-order valence-electron chi connectivity index (χ1n) is 4.97. The Labute approximate surface area is 90.9 Å². The molecule has 0 atom stereocenters. The molecule has 4 nitrogen and oxygen atoms in total. The first-order valence-corrected chi connectivity index (χ1v) is 4.97. The largest absolute Gasteiger partial charge is 0.496 e. The maximum Gasteiger partial charge on any atom is 0.248 e. The van der Waals surface area contributed by atoms with E-state index in [1.165, 1.54) is 0 Å². The quantitative estimate of drug-likeness (QED) is 0.651. The minimum Gasteiger partial charge on any atom is -0.496 e. The molecule has 0 spiro atoms. The van der Waals surface area contributed by atoms with Gasteiger partial charge in [-0.05, 0) is 12.1 Å². The summed E-state index contributed by atoms with van der Waals surface area (Å²) in [5.74, 6) is 0.773. The summed E-state index contributed by atoms with van der Waals surface area (Å²) in [5, 5.41) is 1.84. The van der Waals surface area contributed by atoms with E-state index in [1.807, 2.05) is 18.2 Å². The van der Waals surface area contributed by atoms with Gasteiger partial charge in [0, 0.05) is 23.0 Å². The van der Waals surface area contributed by atoms with Crippen LogP contribution in [0.2, 0.25) is 0 Å². The fourth-order valence-corrected chi connectivity index (χ4v) is 2.01. The summed E-state index contributed by atoms with van der Waals surface area (Å²) in [5.41, 5.74) is 1.76. The van der Waals surface area contributed by atoms with Crippen molar-refractivity contribution in [2.24, 2.45) is 0 Å². The molecule has 16 heavy (non-hydrogen) atoms. The van der Waals surface area contributed by atoms with E-state index in [1.54, 1.807) is 19.4 Å². The van der Waals surface area contributed by atoms with Crippen molar-refractivity contribution in [3.05, 3.63) is 40.8 Å². The third-order valence-corrected chi connectivity index (χ3v) is 2.71. The Hall–Kier alpha value is -2.23. The predicted octanol–water partition coefficient (Wildman–Crippen LogP) is 2.02. The minimum atomic E-state index is -0.112. The second-order valence-corrected chi connectivity index (χ2v) is 3.63. The fraction of sp³-hybridized carbons (Fsp3) is 0.0833. The maximum absolute atomic E-state index is 11.3. The van der Waals surface area contributed by atoms with E-state index in [0.29, 0.717) is 0 Å². The van der Waals surface area contributed by atoms with Crippen molar-refractivity contribution >= 4 is 21.8 Å². The summed E-state index contributed by atoms with van der Waals surface area (Å²) < 4.78 is 5.30. The lowest BCUT2D eigenvalue weighted by Crippen LogP contribution is -2.00. The summed E-state index contributed by atoms with van der Waals surface area (Å²) in [7, 11) is 1.63. The number of ether oxygens (including phenoxy) is 1. The Morgan fingerprint density at radius 1 is 1.25 bits per heavy atom. The van der Waals surface area contributed by atoms with Crippen LogP contribution in [0.5, 0.6) is 5.75 Å². The molecule has 80 valence electrons. The Bertz CT molecular complexity index is 725. The number of nitrogens with one attached hydrogen (secondary N) is 2. The van der Waals surface area contributed by atoms with Crippen molar-refractivity contribution in [3.8, 4) is 5.75 Å². The van der Waals surface area contributed by atoms with E-state index >= 15 is 0 Å². The molecular weight excluding hydrogens is 204 g/mol. The number of pyridine rings is 1. The number of aromatic nitrogens is 2. The lowest BCUT2D eigenvalue weighted by Gasteiger charge is -2.00. The second-order valence-electron chi connectivity index (χ2n) is 3.63. The van der Waals surface area contributed by atoms with E-state index in [0.717, 1.165) is 27.6 Å². The van der Waals surface area contributed by atoms with Crippen LogP contribution in [-0.4, -0.2) is 17.1 Å². The van der Waals surface area contributed by atoms with Gasteiger partial charge in [0.15, 0.2) is 0 Å². The van der Waals surface area contributed by atoms with Crippen LogP contribution in [0.15, 0.2) is 35.3 Å². The Balaban J connectivity index is 2.59. The molecule has 0 fully saturated rings. The average molecular weight is 214 g/mol. The summed E-state index contributed by atoms with van der Waals surface area (Å²) >= 11 is 0. The number of hydrogen-bond acceptors (Lipinski definition) is 2. The SMILES string of the molecule is COc1cccc2[nH]c3c[nH]c(=O)cc3c12. The van der Waals surface area contributed by atoms with Gasteiger partial charge < -0.3 is 14.7 Å². The number of H-pyrrole nitrogens is 2. The van der Waals surface area contributed by atoms with Crippen LogP contribution >= 0.6 is 0 Å². The lowest BCUT2D eigenvalue weighted by atomic mass is 10.2. The summed E-state index contributed by atoms with van der Waals surface area (Å²) in [6.07, 6.45) is 1.68. The van der Waals surface area contributed by atoms with E-state index < -0.39 is 0 Å². The molecule has 0 aliphatic rings. The molecule has 0 aliphatic carbocycles. The monoisotopic (exact) mass is 214 g/mol. The molecule has 0 amide bonds. The highest BCUT2D eigenvalue weighted by Crippen LogP contribution is 2.31. The van der Waals surface area contributed by atoms with Crippen molar-refractivity contribution < 1.29 is 4.74 Å². The van der Waals surface area contributed by atoms with Gasteiger partial charge in [-0.2, -0.15) is 0 Å². The highest BCUT2D eigenvalue weighted by atomic mass is 16.5. The van der Waals surface area contributed by atoms with E-state index in [2.05, 4.69) is 9.97 Å². The smallest absolute Gasteiger partial charge is 0.248 e. The topological polar surface area (TPSA) is 57.9 Å². The highest BCUT2D eigenvalue weighted by Gasteiger charge is 2.08. The van der Waals surface area contributed by atoms with Gasteiger partial charge in [-0.1, -0.05) is 6.07 Å². The van der Waals surface area contributed by atoms with Crippen LogP contribution in [0.25, 0.3) is 21.8 Å². The summed E-state index contributed by atoms with van der Waals surface area (Å²) in [6, 6.07) is 7.34. The number of hydrogen-bond donors (Lipinski definition) is 2. The molecular formula is C12H10N2O2.